The highest BCUT2D eigenvalue weighted by Gasteiger charge is 2.10. The van der Waals surface area contributed by atoms with Gasteiger partial charge in [-0.1, -0.05) is 0 Å². The number of hydrogen-bond acceptors (Lipinski definition) is 3. The van der Waals surface area contributed by atoms with Gasteiger partial charge in [-0.05, 0) is 30.7 Å². The van der Waals surface area contributed by atoms with E-state index in [1.54, 1.807) is 25.2 Å². The summed E-state index contributed by atoms with van der Waals surface area (Å²) in [7, 11) is 1.58. The Balaban J connectivity index is 2.18. The number of nitrogens with one attached hydrogen (secondary N) is 3. The number of amides is 2. The van der Waals surface area contributed by atoms with Crippen LogP contribution in [0.3, 0.4) is 0 Å². The number of carbonyl (C=O) groups excluding carboxylic acids is 2. The first-order valence-corrected chi connectivity index (χ1v) is 5.74. The van der Waals surface area contributed by atoms with E-state index in [0.29, 0.717) is 16.8 Å². The predicted molar refractivity (Wildman–Crippen MR) is 71.1 cm³/mol. The highest BCUT2D eigenvalue weighted by atomic mass is 16.2. The van der Waals surface area contributed by atoms with Crippen LogP contribution >= 0.6 is 0 Å². The van der Waals surface area contributed by atoms with Crippen molar-refractivity contribution in [3.63, 3.8) is 0 Å². The van der Waals surface area contributed by atoms with Crippen LogP contribution in [0.1, 0.15) is 26.3 Å². The van der Waals surface area contributed by atoms with Gasteiger partial charge in [-0.3, -0.25) is 14.7 Å². The number of H-pyrrole nitrogens is 1. The summed E-state index contributed by atoms with van der Waals surface area (Å²) in [5.74, 6) is -0.402. The number of anilines is 1. The second-order valence-corrected chi connectivity index (χ2v) is 4.05. The fourth-order valence-corrected chi connectivity index (χ4v) is 1.66. The molecule has 0 unspecified atom stereocenters. The number of carbonyl (C=O) groups is 2. The zero-order chi connectivity index (χ0) is 13.8. The fourth-order valence-electron chi connectivity index (χ4n) is 1.66. The lowest BCUT2D eigenvalue weighted by Crippen LogP contribution is -2.18. The molecule has 98 valence electrons. The van der Waals surface area contributed by atoms with Gasteiger partial charge in [0, 0.05) is 24.5 Å². The van der Waals surface area contributed by atoms with E-state index in [-0.39, 0.29) is 11.8 Å². The Labute approximate surface area is 110 Å². The van der Waals surface area contributed by atoms with Gasteiger partial charge in [-0.2, -0.15) is 5.10 Å². The SMILES string of the molecule is CNC(=O)c1ccc(NC(=O)c2cn[nH]c2)c(C)c1. The van der Waals surface area contributed by atoms with Gasteiger partial charge in [0.15, 0.2) is 0 Å². The van der Waals surface area contributed by atoms with Gasteiger partial charge in [-0.15, -0.1) is 0 Å². The van der Waals surface area contributed by atoms with Crippen LogP contribution < -0.4 is 10.6 Å². The Morgan fingerprint density at radius 2 is 2.00 bits per heavy atom. The standard InChI is InChI=1S/C13H14N4O2/c1-8-5-9(12(18)14-2)3-4-11(8)17-13(19)10-6-15-16-7-10/h3-7H,1-2H3,(H,14,18)(H,15,16)(H,17,19). The Hall–Kier alpha value is -2.63. The number of rotatable bonds is 3. The minimum atomic E-state index is -0.246. The topological polar surface area (TPSA) is 86.9 Å². The summed E-state index contributed by atoms with van der Waals surface area (Å²) in [4.78, 5) is 23.3. The van der Waals surface area contributed by atoms with Gasteiger partial charge in [0.2, 0.25) is 0 Å². The van der Waals surface area contributed by atoms with Crippen molar-refractivity contribution in [1.29, 1.82) is 0 Å². The summed E-state index contributed by atoms with van der Waals surface area (Å²) in [5.41, 5.74) is 2.49. The van der Waals surface area contributed by atoms with Crippen LogP contribution in [0.25, 0.3) is 0 Å². The Kier molecular flexibility index (Phi) is 3.61. The van der Waals surface area contributed by atoms with Crippen molar-refractivity contribution in [2.24, 2.45) is 0 Å². The van der Waals surface area contributed by atoms with E-state index < -0.39 is 0 Å². The molecule has 0 fully saturated rings. The fraction of sp³-hybridized carbons (Fsp3) is 0.154. The maximum Gasteiger partial charge on any atom is 0.258 e. The van der Waals surface area contributed by atoms with Crippen molar-refractivity contribution >= 4 is 17.5 Å². The third-order valence-corrected chi connectivity index (χ3v) is 2.72. The molecule has 0 aliphatic heterocycles. The quantitative estimate of drug-likeness (QED) is 0.776. The number of benzene rings is 1. The second kappa shape index (κ2) is 5.34. The van der Waals surface area contributed by atoms with Crippen LogP contribution in [0.15, 0.2) is 30.6 Å². The molecule has 0 aliphatic carbocycles. The van der Waals surface area contributed by atoms with E-state index in [1.807, 2.05) is 6.92 Å². The number of nitrogens with zero attached hydrogens (tertiary/aromatic N) is 1. The summed E-state index contributed by atoms with van der Waals surface area (Å²) in [6.45, 7) is 1.83. The summed E-state index contributed by atoms with van der Waals surface area (Å²) < 4.78 is 0. The van der Waals surface area contributed by atoms with E-state index >= 15 is 0 Å². The van der Waals surface area contributed by atoms with Crippen LogP contribution in [0.4, 0.5) is 5.69 Å². The van der Waals surface area contributed by atoms with Crippen LogP contribution in [-0.4, -0.2) is 29.1 Å². The summed E-state index contributed by atoms with van der Waals surface area (Å²) in [6.07, 6.45) is 2.97. The lowest BCUT2D eigenvalue weighted by Gasteiger charge is -2.09. The Morgan fingerprint density at radius 1 is 1.21 bits per heavy atom. The van der Waals surface area contributed by atoms with Crippen molar-refractivity contribution in [3.05, 3.63) is 47.3 Å². The van der Waals surface area contributed by atoms with Crippen LogP contribution in [0.2, 0.25) is 0 Å². The van der Waals surface area contributed by atoms with E-state index in [9.17, 15) is 9.59 Å². The predicted octanol–water partition coefficient (Wildman–Crippen LogP) is 1.33. The molecule has 1 aromatic carbocycles. The minimum absolute atomic E-state index is 0.157. The average Bonchev–Trinajstić information content (AvgIpc) is 2.94. The zero-order valence-corrected chi connectivity index (χ0v) is 10.7. The molecule has 0 saturated heterocycles. The van der Waals surface area contributed by atoms with E-state index in [1.165, 1.54) is 12.4 Å². The molecule has 0 radical (unpaired) electrons. The average molecular weight is 258 g/mol. The van der Waals surface area contributed by atoms with E-state index in [4.69, 9.17) is 0 Å². The van der Waals surface area contributed by atoms with Crippen LogP contribution in [0.5, 0.6) is 0 Å². The lowest BCUT2D eigenvalue weighted by atomic mass is 10.1. The van der Waals surface area contributed by atoms with E-state index in [2.05, 4.69) is 20.8 Å². The monoisotopic (exact) mass is 258 g/mol. The Bertz CT molecular complexity index is 605. The van der Waals surface area contributed by atoms with Crippen LogP contribution in [-0.2, 0) is 0 Å². The smallest absolute Gasteiger partial charge is 0.258 e. The van der Waals surface area contributed by atoms with Crippen LogP contribution in [0, 0.1) is 6.92 Å². The highest BCUT2D eigenvalue weighted by molar-refractivity contribution is 6.04. The first kappa shape index (κ1) is 12.8. The van der Waals surface area contributed by atoms with Gasteiger partial charge in [0.05, 0.1) is 11.8 Å². The molecule has 6 nitrogen and oxygen atoms in total. The van der Waals surface area contributed by atoms with Gasteiger partial charge in [-0.25, -0.2) is 0 Å². The van der Waals surface area contributed by atoms with Gasteiger partial charge in [0.25, 0.3) is 11.8 Å². The van der Waals surface area contributed by atoms with Crippen molar-refractivity contribution in [3.8, 4) is 0 Å². The maximum atomic E-state index is 11.9. The van der Waals surface area contributed by atoms with Gasteiger partial charge < -0.3 is 10.6 Å². The van der Waals surface area contributed by atoms with Crippen molar-refractivity contribution in [2.45, 2.75) is 6.92 Å². The molecule has 2 amide bonds. The van der Waals surface area contributed by atoms with Crippen molar-refractivity contribution in [1.82, 2.24) is 15.5 Å². The van der Waals surface area contributed by atoms with Gasteiger partial charge in [0.1, 0.15) is 0 Å². The minimum Gasteiger partial charge on any atom is -0.355 e. The normalized spacial score (nSPS) is 10.0. The molecule has 19 heavy (non-hydrogen) atoms. The highest BCUT2D eigenvalue weighted by Crippen LogP contribution is 2.17. The third-order valence-electron chi connectivity index (χ3n) is 2.72. The molecular weight excluding hydrogens is 244 g/mol. The second-order valence-electron chi connectivity index (χ2n) is 4.05. The molecule has 2 aromatic rings. The Morgan fingerprint density at radius 3 is 2.58 bits per heavy atom. The largest absolute Gasteiger partial charge is 0.355 e. The van der Waals surface area contributed by atoms with E-state index in [0.717, 1.165) is 5.56 Å². The molecular formula is C13H14N4O2. The first-order valence-electron chi connectivity index (χ1n) is 5.74. The molecule has 6 heteroatoms. The molecule has 1 heterocycles. The molecule has 1 aromatic heterocycles. The molecule has 0 aliphatic rings. The molecule has 3 N–H and O–H groups in total. The number of aryl methyl sites for hydroxylation is 1. The van der Waals surface area contributed by atoms with Crippen molar-refractivity contribution in [2.75, 3.05) is 12.4 Å². The molecule has 0 atom stereocenters. The molecule has 0 saturated carbocycles. The maximum absolute atomic E-state index is 11.9. The molecule has 2 rings (SSSR count). The third kappa shape index (κ3) is 2.79. The van der Waals surface area contributed by atoms with Gasteiger partial charge >= 0.3 is 0 Å². The number of aromatic nitrogens is 2. The summed E-state index contributed by atoms with van der Waals surface area (Å²) in [5, 5.41) is 11.6. The zero-order valence-electron chi connectivity index (χ0n) is 10.7. The van der Waals surface area contributed by atoms with Crippen molar-refractivity contribution < 1.29 is 9.59 Å². The summed E-state index contributed by atoms with van der Waals surface area (Å²) in [6, 6.07) is 5.10. The molecule has 0 bridgehead atoms. The summed E-state index contributed by atoms with van der Waals surface area (Å²) >= 11 is 0. The number of aromatic amines is 1. The molecule has 0 spiro atoms. The first-order chi connectivity index (χ1) is 9.11. The number of hydrogen-bond donors (Lipinski definition) is 3. The lowest BCUT2D eigenvalue weighted by molar-refractivity contribution is 0.0962.